The van der Waals surface area contributed by atoms with Crippen LogP contribution in [0.15, 0.2) is 24.3 Å². The molecule has 8 N–H and O–H groups in total. The second-order valence-electron chi connectivity index (χ2n) is 4.72. The Balaban J connectivity index is -0.000000328. The predicted molar refractivity (Wildman–Crippen MR) is 97.8 cm³/mol. The van der Waals surface area contributed by atoms with E-state index in [4.69, 9.17) is 40.2 Å². The minimum atomic E-state index is -2.67. The van der Waals surface area contributed by atoms with Crippen molar-refractivity contribution in [2.24, 2.45) is 0 Å². The van der Waals surface area contributed by atoms with Crippen LogP contribution in [0.1, 0.15) is 18.4 Å². The molecule has 0 aliphatic carbocycles. The lowest BCUT2D eigenvalue weighted by molar-refractivity contribution is 0.338. The monoisotopic (exact) mass is 417 g/mol. The van der Waals surface area contributed by atoms with Crippen LogP contribution in [0.4, 0.5) is 23.0 Å². The summed E-state index contributed by atoms with van der Waals surface area (Å²) in [5.74, 6) is 0. The molecule has 0 bridgehead atoms. The maximum Gasteiger partial charge on any atom is 0.674 e. The van der Waals surface area contributed by atoms with Gasteiger partial charge in [-0.05, 0) is 31.4 Å². The Morgan fingerprint density at radius 3 is 1.25 bits per heavy atom. The van der Waals surface area contributed by atoms with E-state index in [2.05, 4.69) is 36.1 Å². The van der Waals surface area contributed by atoms with Gasteiger partial charge < -0.3 is 45.1 Å². The van der Waals surface area contributed by atoms with Gasteiger partial charge in [-0.2, -0.15) is 0 Å². The molecule has 1 fully saturated rings. The number of hydrogen-bond acceptors (Lipinski definition) is 9. The molecule has 17 heteroatoms. The van der Waals surface area contributed by atoms with E-state index in [1.807, 2.05) is 0 Å². The lowest BCUT2D eigenvalue weighted by Crippen LogP contribution is -2.18. The van der Waals surface area contributed by atoms with Gasteiger partial charge in [-0.3, -0.25) is 17.3 Å². The molecule has 0 amide bonds. The van der Waals surface area contributed by atoms with Crippen LogP contribution in [0.25, 0.3) is 0 Å². The van der Waals surface area contributed by atoms with Gasteiger partial charge >= 0.3 is 29.6 Å². The Bertz CT molecular complexity index is 427. The molecular formula is C11H23B4F4NO8. The number of aryl methyl sites for hydroxylation is 1. The second-order valence-corrected chi connectivity index (χ2v) is 4.72. The molecule has 0 radical (unpaired) electrons. The quantitative estimate of drug-likeness (QED) is 0.197. The van der Waals surface area contributed by atoms with Gasteiger partial charge in [-0.25, -0.2) is 0 Å². The average Bonchev–Trinajstić information content (AvgIpc) is 2.99. The van der Waals surface area contributed by atoms with E-state index in [1.54, 1.807) is 0 Å². The highest BCUT2D eigenvalue weighted by Crippen LogP contribution is 2.23. The lowest BCUT2D eigenvalue weighted by atomic mass is 10.2. The Kier molecular flexibility index (Phi) is 22.9. The molecule has 0 saturated carbocycles. The second kappa shape index (κ2) is 20.4. The highest BCUT2D eigenvalue weighted by molar-refractivity contribution is 6.32. The van der Waals surface area contributed by atoms with E-state index in [0.29, 0.717) is 0 Å². The molecule has 1 aromatic carbocycles. The summed E-state index contributed by atoms with van der Waals surface area (Å²) in [5, 5.41) is 55.6. The maximum absolute atomic E-state index is 10.1. The van der Waals surface area contributed by atoms with Crippen LogP contribution in [0, 0.1) is 6.92 Å². The first-order valence-electron chi connectivity index (χ1n) is 7.62. The van der Waals surface area contributed by atoms with Crippen molar-refractivity contribution in [2.45, 2.75) is 19.8 Å². The van der Waals surface area contributed by atoms with Gasteiger partial charge in [0.2, 0.25) is 0 Å². The molecular weight excluding hydrogens is 393 g/mol. The Morgan fingerprint density at radius 2 is 0.964 bits per heavy atom. The zero-order valence-electron chi connectivity index (χ0n) is 15.0. The first kappa shape index (κ1) is 31.4. The van der Waals surface area contributed by atoms with Gasteiger partial charge in [0.25, 0.3) is 0 Å². The van der Waals surface area contributed by atoms with Gasteiger partial charge in [-0.1, -0.05) is 18.2 Å². The van der Waals surface area contributed by atoms with E-state index in [9.17, 15) is 17.3 Å². The van der Waals surface area contributed by atoms with Crippen molar-refractivity contribution in [1.29, 1.82) is 0 Å². The maximum atomic E-state index is 10.1. The third kappa shape index (κ3) is 32.4. The Labute approximate surface area is 161 Å². The van der Waals surface area contributed by atoms with Crippen molar-refractivity contribution in [3.8, 4) is 0 Å². The lowest BCUT2D eigenvalue weighted by Gasteiger charge is -2.19. The molecule has 2 rings (SSSR count). The van der Waals surface area contributed by atoms with Gasteiger partial charge in [0, 0.05) is 18.8 Å². The zero-order valence-corrected chi connectivity index (χ0v) is 15.0. The number of para-hydroxylation sites is 1. The molecule has 1 aliphatic rings. The molecule has 1 saturated heterocycles. The summed E-state index contributed by atoms with van der Waals surface area (Å²) in [6.07, 6.45) is 2.71. The SMILES string of the molecule is Cc1ccccc1N1CCCC1.OB(O)F.OB(O)F.OB(O)F.OB(O)F. The van der Waals surface area contributed by atoms with Crippen LogP contribution < -0.4 is 4.90 Å². The summed E-state index contributed by atoms with van der Waals surface area (Å²) in [6, 6.07) is 8.64. The van der Waals surface area contributed by atoms with E-state index in [-0.39, 0.29) is 0 Å². The molecule has 0 atom stereocenters. The normalized spacial score (nSPS) is 11.1. The van der Waals surface area contributed by atoms with Crippen LogP contribution in [-0.4, -0.2) is 82.9 Å². The van der Waals surface area contributed by atoms with E-state index >= 15 is 0 Å². The summed E-state index contributed by atoms with van der Waals surface area (Å²) < 4.78 is 40.4. The average molecular weight is 417 g/mol. The van der Waals surface area contributed by atoms with Gasteiger partial charge in [0.15, 0.2) is 0 Å². The number of halogens is 4. The minimum absolute atomic E-state index is 1.24. The smallest absolute Gasteiger partial charge is 0.398 e. The Hall–Kier alpha value is -1.32. The summed E-state index contributed by atoms with van der Waals surface area (Å²) in [7, 11) is -10.7. The molecule has 0 aromatic heterocycles. The van der Waals surface area contributed by atoms with Crippen molar-refractivity contribution < 1.29 is 57.5 Å². The van der Waals surface area contributed by atoms with E-state index < -0.39 is 29.6 Å². The summed E-state index contributed by atoms with van der Waals surface area (Å²) in [5.41, 5.74) is 2.83. The summed E-state index contributed by atoms with van der Waals surface area (Å²) >= 11 is 0. The summed E-state index contributed by atoms with van der Waals surface area (Å²) in [6.45, 7) is 4.67. The van der Waals surface area contributed by atoms with Gasteiger partial charge in [0.1, 0.15) is 0 Å². The molecule has 28 heavy (non-hydrogen) atoms. The third-order valence-corrected chi connectivity index (χ3v) is 2.56. The standard InChI is InChI=1S/C11H15N.4BFH2O2/c1-10-6-2-3-7-11(10)12-8-4-5-9-12;4*2-1(3)4/h2-3,6-7H,4-5,8-9H2,1H3;4*3-4H. The minimum Gasteiger partial charge on any atom is -0.398 e. The zero-order chi connectivity index (χ0) is 22.7. The fraction of sp³-hybridized carbons (Fsp3) is 0.455. The van der Waals surface area contributed by atoms with Crippen molar-refractivity contribution in [1.82, 2.24) is 0 Å². The van der Waals surface area contributed by atoms with Crippen molar-refractivity contribution in [2.75, 3.05) is 18.0 Å². The largest absolute Gasteiger partial charge is 0.674 e. The van der Waals surface area contributed by atoms with Crippen molar-refractivity contribution in [3.05, 3.63) is 29.8 Å². The predicted octanol–water partition coefficient (Wildman–Crippen LogP) is -1.70. The molecule has 1 aliphatic heterocycles. The molecule has 0 spiro atoms. The molecule has 160 valence electrons. The molecule has 9 nitrogen and oxygen atoms in total. The highest BCUT2D eigenvalue weighted by atomic mass is 19.1. The van der Waals surface area contributed by atoms with Gasteiger partial charge in [-0.15, -0.1) is 0 Å². The number of benzene rings is 1. The van der Waals surface area contributed by atoms with Crippen molar-refractivity contribution in [3.63, 3.8) is 0 Å². The fourth-order valence-corrected chi connectivity index (χ4v) is 1.88. The third-order valence-electron chi connectivity index (χ3n) is 2.56. The van der Waals surface area contributed by atoms with Crippen LogP contribution >= 0.6 is 0 Å². The number of hydrogen-bond donors (Lipinski definition) is 8. The Morgan fingerprint density at radius 1 is 0.679 bits per heavy atom. The number of anilines is 1. The first-order valence-corrected chi connectivity index (χ1v) is 7.62. The van der Waals surface area contributed by atoms with Crippen LogP contribution in [-0.2, 0) is 0 Å². The van der Waals surface area contributed by atoms with Crippen LogP contribution in [0.5, 0.6) is 0 Å². The molecule has 1 aromatic rings. The van der Waals surface area contributed by atoms with Crippen LogP contribution in [0.2, 0.25) is 0 Å². The summed E-state index contributed by atoms with van der Waals surface area (Å²) in [4.78, 5) is 2.48. The van der Waals surface area contributed by atoms with Crippen LogP contribution in [0.3, 0.4) is 0 Å². The first-order chi connectivity index (χ1) is 12.8. The van der Waals surface area contributed by atoms with Gasteiger partial charge in [0.05, 0.1) is 0 Å². The van der Waals surface area contributed by atoms with E-state index in [1.165, 1.54) is 37.2 Å². The molecule has 1 heterocycles. The molecule has 0 unspecified atom stereocenters. The topological polar surface area (TPSA) is 165 Å². The number of rotatable bonds is 1. The highest BCUT2D eigenvalue weighted by Gasteiger charge is 2.12. The fourth-order valence-electron chi connectivity index (χ4n) is 1.88. The van der Waals surface area contributed by atoms with Crippen molar-refractivity contribution >= 4 is 35.3 Å². The number of nitrogens with zero attached hydrogens (tertiary/aromatic N) is 1. The van der Waals surface area contributed by atoms with E-state index in [0.717, 1.165) is 0 Å².